The van der Waals surface area contributed by atoms with Crippen LogP contribution in [0.25, 0.3) is 5.57 Å². The van der Waals surface area contributed by atoms with Gasteiger partial charge in [0.1, 0.15) is 5.76 Å². The van der Waals surface area contributed by atoms with Crippen molar-refractivity contribution in [3.63, 3.8) is 0 Å². The van der Waals surface area contributed by atoms with Gasteiger partial charge in [0.05, 0.1) is 12.9 Å². The minimum absolute atomic E-state index is 0.0677. The Morgan fingerprint density at radius 1 is 1.32 bits per heavy atom. The van der Waals surface area contributed by atoms with Gasteiger partial charge in [-0.25, -0.2) is 4.98 Å². The molecule has 3 N–H and O–H groups in total. The molecule has 7 nitrogen and oxygen atoms in total. The molecule has 0 spiro atoms. The molecule has 0 atom stereocenters. The molecule has 0 radical (unpaired) electrons. The highest BCUT2D eigenvalue weighted by Gasteiger charge is 2.13. The van der Waals surface area contributed by atoms with Crippen LogP contribution in [-0.4, -0.2) is 25.6 Å². The summed E-state index contributed by atoms with van der Waals surface area (Å²) in [4.78, 5) is 23.8. The van der Waals surface area contributed by atoms with Crippen LogP contribution >= 0.6 is 0 Å². The Labute approximate surface area is 128 Å². The monoisotopic (exact) mass is 302 g/mol. The SMILES string of the molecule is NO/C(CCCC(=O)O)=C(\Cn1ccnc1)c1cccnc1. The van der Waals surface area contributed by atoms with E-state index in [4.69, 9.17) is 15.8 Å². The number of allylic oxidation sites excluding steroid dienone is 2. The van der Waals surface area contributed by atoms with Crippen LogP contribution in [0.4, 0.5) is 0 Å². The van der Waals surface area contributed by atoms with Gasteiger partial charge in [-0.05, 0) is 12.5 Å². The number of aliphatic carboxylic acids is 1. The number of hydrogen-bond acceptors (Lipinski definition) is 5. The highest BCUT2D eigenvalue weighted by atomic mass is 16.6. The molecule has 22 heavy (non-hydrogen) atoms. The zero-order chi connectivity index (χ0) is 15.8. The predicted molar refractivity (Wildman–Crippen MR) is 80.1 cm³/mol. The minimum atomic E-state index is -0.839. The summed E-state index contributed by atoms with van der Waals surface area (Å²) in [6.45, 7) is 0.519. The molecule has 0 aliphatic carbocycles. The number of aromatic nitrogens is 3. The average molecular weight is 302 g/mol. The van der Waals surface area contributed by atoms with Crippen LogP contribution in [0.5, 0.6) is 0 Å². The van der Waals surface area contributed by atoms with E-state index in [2.05, 4.69) is 9.97 Å². The average Bonchev–Trinajstić information content (AvgIpc) is 3.03. The van der Waals surface area contributed by atoms with E-state index in [-0.39, 0.29) is 6.42 Å². The van der Waals surface area contributed by atoms with Gasteiger partial charge in [-0.2, -0.15) is 5.90 Å². The molecule has 0 amide bonds. The third-order valence-corrected chi connectivity index (χ3v) is 3.18. The fourth-order valence-corrected chi connectivity index (χ4v) is 2.13. The third-order valence-electron chi connectivity index (χ3n) is 3.18. The van der Waals surface area contributed by atoms with E-state index in [0.29, 0.717) is 25.1 Å². The van der Waals surface area contributed by atoms with E-state index in [1.165, 1.54) is 0 Å². The van der Waals surface area contributed by atoms with Crippen molar-refractivity contribution >= 4 is 11.5 Å². The highest BCUT2D eigenvalue weighted by Crippen LogP contribution is 2.24. The van der Waals surface area contributed by atoms with Crippen molar-refractivity contribution in [3.8, 4) is 0 Å². The molecular weight excluding hydrogens is 284 g/mol. The van der Waals surface area contributed by atoms with Gasteiger partial charge in [0.15, 0.2) is 0 Å². The van der Waals surface area contributed by atoms with Crippen molar-refractivity contribution in [1.29, 1.82) is 0 Å². The Kier molecular flexibility index (Phi) is 5.67. The van der Waals surface area contributed by atoms with Gasteiger partial charge in [0.25, 0.3) is 0 Å². The first-order valence-electron chi connectivity index (χ1n) is 6.87. The summed E-state index contributed by atoms with van der Waals surface area (Å²) in [5.74, 6) is 5.13. The minimum Gasteiger partial charge on any atom is -0.481 e. The summed E-state index contributed by atoms with van der Waals surface area (Å²) < 4.78 is 1.89. The molecule has 116 valence electrons. The molecule has 0 unspecified atom stereocenters. The number of hydrogen-bond donors (Lipinski definition) is 2. The van der Waals surface area contributed by atoms with Gasteiger partial charge in [-0.1, -0.05) is 6.07 Å². The lowest BCUT2D eigenvalue weighted by Crippen LogP contribution is -2.08. The standard InChI is InChI=1S/C15H18N4O3/c16-22-14(4-1-5-15(20)21)13(10-19-8-7-18-11-19)12-3-2-6-17-9-12/h2-3,6-9,11H,1,4-5,10,16H2,(H,20,21)/b14-13+. The summed E-state index contributed by atoms with van der Waals surface area (Å²) in [6, 6.07) is 3.74. The highest BCUT2D eigenvalue weighted by molar-refractivity contribution is 5.68. The van der Waals surface area contributed by atoms with Crippen molar-refractivity contribution in [2.45, 2.75) is 25.8 Å². The summed E-state index contributed by atoms with van der Waals surface area (Å²) in [6.07, 6.45) is 9.60. The molecule has 2 aromatic rings. The molecule has 0 saturated carbocycles. The fraction of sp³-hybridized carbons (Fsp3) is 0.267. The lowest BCUT2D eigenvalue weighted by molar-refractivity contribution is -0.137. The van der Waals surface area contributed by atoms with E-state index < -0.39 is 5.97 Å². The van der Waals surface area contributed by atoms with Gasteiger partial charge in [-0.15, -0.1) is 0 Å². The number of rotatable bonds is 8. The zero-order valence-electron chi connectivity index (χ0n) is 12.1. The number of pyridine rings is 1. The van der Waals surface area contributed by atoms with Crippen molar-refractivity contribution in [2.75, 3.05) is 0 Å². The molecule has 2 aromatic heterocycles. The second-order valence-electron chi connectivity index (χ2n) is 4.74. The molecule has 0 aliphatic heterocycles. The number of nitrogens with two attached hydrogens (primary N) is 1. The molecular formula is C15H18N4O3. The Bertz CT molecular complexity index is 624. The molecule has 0 bridgehead atoms. The Morgan fingerprint density at radius 2 is 2.18 bits per heavy atom. The van der Waals surface area contributed by atoms with E-state index >= 15 is 0 Å². The molecule has 7 heteroatoms. The lowest BCUT2D eigenvalue weighted by atomic mass is 10.0. The second kappa shape index (κ2) is 7.94. The maximum Gasteiger partial charge on any atom is 0.303 e. The van der Waals surface area contributed by atoms with Gasteiger partial charge in [-0.3, -0.25) is 9.78 Å². The molecule has 0 fully saturated rings. The Balaban J connectivity index is 2.27. The number of nitrogens with zero attached hydrogens (tertiary/aromatic N) is 3. The Hall–Kier alpha value is -2.67. The van der Waals surface area contributed by atoms with E-state index in [1.807, 2.05) is 22.9 Å². The van der Waals surface area contributed by atoms with Crippen LogP contribution in [0.3, 0.4) is 0 Å². The summed E-state index contributed by atoms with van der Waals surface area (Å²) in [5, 5.41) is 8.75. The quantitative estimate of drug-likeness (QED) is 0.569. The van der Waals surface area contributed by atoms with Crippen LogP contribution in [0.1, 0.15) is 24.8 Å². The molecule has 0 aromatic carbocycles. The van der Waals surface area contributed by atoms with Gasteiger partial charge in [0, 0.05) is 48.8 Å². The topological polar surface area (TPSA) is 103 Å². The van der Waals surface area contributed by atoms with Crippen molar-refractivity contribution in [2.24, 2.45) is 5.90 Å². The summed E-state index contributed by atoms with van der Waals surface area (Å²) in [5.41, 5.74) is 1.74. The van der Waals surface area contributed by atoms with Crippen LogP contribution in [0, 0.1) is 0 Å². The predicted octanol–water partition coefficient (Wildman–Crippen LogP) is 1.83. The molecule has 2 rings (SSSR count). The number of imidazole rings is 1. The Morgan fingerprint density at radius 3 is 2.77 bits per heavy atom. The van der Waals surface area contributed by atoms with E-state index in [0.717, 1.165) is 11.1 Å². The zero-order valence-corrected chi connectivity index (χ0v) is 12.1. The first kappa shape index (κ1) is 15.7. The third kappa shape index (κ3) is 4.42. The van der Waals surface area contributed by atoms with E-state index in [9.17, 15) is 4.79 Å². The van der Waals surface area contributed by atoms with Crippen LogP contribution in [-0.2, 0) is 16.2 Å². The fourth-order valence-electron chi connectivity index (χ4n) is 2.13. The van der Waals surface area contributed by atoms with Crippen molar-refractivity contribution in [1.82, 2.24) is 14.5 Å². The van der Waals surface area contributed by atoms with Gasteiger partial charge >= 0.3 is 5.97 Å². The summed E-state index contributed by atoms with van der Waals surface area (Å²) in [7, 11) is 0. The first-order valence-corrected chi connectivity index (χ1v) is 6.87. The smallest absolute Gasteiger partial charge is 0.303 e. The second-order valence-corrected chi connectivity index (χ2v) is 4.74. The van der Waals surface area contributed by atoms with Crippen LogP contribution < -0.4 is 5.90 Å². The van der Waals surface area contributed by atoms with E-state index in [1.54, 1.807) is 24.9 Å². The normalized spacial score (nSPS) is 11.9. The van der Waals surface area contributed by atoms with Gasteiger partial charge < -0.3 is 14.5 Å². The number of carboxylic acid groups (broad SMARTS) is 1. The number of carbonyl (C=O) groups is 1. The van der Waals surface area contributed by atoms with Crippen LogP contribution in [0.2, 0.25) is 0 Å². The number of carboxylic acids is 1. The van der Waals surface area contributed by atoms with Crippen LogP contribution in [0.15, 0.2) is 49.0 Å². The summed E-state index contributed by atoms with van der Waals surface area (Å²) >= 11 is 0. The first-order chi connectivity index (χ1) is 10.7. The van der Waals surface area contributed by atoms with Crippen molar-refractivity contribution < 1.29 is 14.7 Å². The lowest BCUT2D eigenvalue weighted by Gasteiger charge is -2.14. The van der Waals surface area contributed by atoms with Gasteiger partial charge in [0.2, 0.25) is 0 Å². The maximum absolute atomic E-state index is 10.7. The largest absolute Gasteiger partial charge is 0.481 e. The maximum atomic E-state index is 10.7. The molecule has 0 saturated heterocycles. The molecule has 0 aliphatic rings. The molecule has 2 heterocycles. The van der Waals surface area contributed by atoms with Crippen molar-refractivity contribution in [3.05, 3.63) is 54.6 Å².